The minimum absolute atomic E-state index is 0.163. The molecule has 0 bridgehead atoms. The zero-order chi connectivity index (χ0) is 11.9. The number of rotatable bonds is 3. The van der Waals surface area contributed by atoms with Gasteiger partial charge >= 0.3 is 6.03 Å². The Hall–Kier alpha value is -0.730. The molecule has 1 aliphatic heterocycles. The van der Waals surface area contributed by atoms with Crippen LogP contribution in [0, 0.1) is 5.92 Å². The molecule has 1 aliphatic carbocycles. The molecular weight excluding hydrogens is 212 g/mol. The highest BCUT2D eigenvalue weighted by atomic mass is 16.2. The summed E-state index contributed by atoms with van der Waals surface area (Å²) in [4.78, 5) is 13.7. The summed E-state index contributed by atoms with van der Waals surface area (Å²) in [6.45, 7) is 2.78. The fraction of sp³-hybridized carbons (Fsp3) is 0.929. The van der Waals surface area contributed by atoms with Crippen molar-refractivity contribution in [1.82, 2.24) is 10.2 Å². The lowest BCUT2D eigenvalue weighted by Gasteiger charge is -2.18. The lowest BCUT2D eigenvalue weighted by atomic mass is 9.97. The summed E-state index contributed by atoms with van der Waals surface area (Å²) >= 11 is 0. The molecule has 2 rings (SSSR count). The molecule has 0 unspecified atom stereocenters. The van der Waals surface area contributed by atoms with Crippen molar-refractivity contribution in [2.24, 2.45) is 5.92 Å². The maximum atomic E-state index is 11.8. The highest BCUT2D eigenvalue weighted by molar-refractivity contribution is 5.74. The molecule has 98 valence electrons. The number of urea groups is 1. The lowest BCUT2D eigenvalue weighted by Crippen LogP contribution is -2.38. The lowest BCUT2D eigenvalue weighted by molar-refractivity contribution is 0.207. The van der Waals surface area contributed by atoms with Gasteiger partial charge in [0.1, 0.15) is 0 Å². The van der Waals surface area contributed by atoms with Gasteiger partial charge in [0.25, 0.3) is 0 Å². The van der Waals surface area contributed by atoms with Crippen molar-refractivity contribution in [3.05, 3.63) is 0 Å². The molecular formula is C14H26N2O. The molecule has 3 heteroatoms. The Morgan fingerprint density at radius 3 is 2.29 bits per heavy atom. The van der Waals surface area contributed by atoms with E-state index in [4.69, 9.17) is 0 Å². The molecule has 0 aromatic rings. The summed E-state index contributed by atoms with van der Waals surface area (Å²) in [6, 6.07) is 0.163. The second-order valence-corrected chi connectivity index (χ2v) is 5.57. The van der Waals surface area contributed by atoms with Gasteiger partial charge < -0.3 is 10.2 Å². The number of hydrogen-bond donors (Lipinski definition) is 1. The molecule has 0 atom stereocenters. The van der Waals surface area contributed by atoms with Crippen molar-refractivity contribution < 1.29 is 4.79 Å². The van der Waals surface area contributed by atoms with Crippen LogP contribution in [0.4, 0.5) is 4.79 Å². The second kappa shape index (κ2) is 6.87. The highest BCUT2D eigenvalue weighted by Gasteiger charge is 2.18. The van der Waals surface area contributed by atoms with E-state index in [-0.39, 0.29) is 6.03 Å². The quantitative estimate of drug-likeness (QED) is 0.753. The van der Waals surface area contributed by atoms with Crippen LogP contribution >= 0.6 is 0 Å². The Balaban J connectivity index is 1.59. The van der Waals surface area contributed by atoms with E-state index in [0.29, 0.717) is 0 Å². The van der Waals surface area contributed by atoms with Crippen LogP contribution < -0.4 is 5.32 Å². The Morgan fingerprint density at radius 2 is 1.65 bits per heavy atom. The van der Waals surface area contributed by atoms with Gasteiger partial charge in [0, 0.05) is 19.6 Å². The van der Waals surface area contributed by atoms with E-state index in [2.05, 4.69) is 5.32 Å². The molecule has 0 aromatic carbocycles. The number of likely N-dealkylation sites (tertiary alicyclic amines) is 1. The van der Waals surface area contributed by atoms with E-state index < -0.39 is 0 Å². The van der Waals surface area contributed by atoms with Crippen molar-refractivity contribution in [3.8, 4) is 0 Å². The fourth-order valence-corrected chi connectivity index (χ4v) is 3.07. The normalized spacial score (nSPS) is 22.5. The van der Waals surface area contributed by atoms with Gasteiger partial charge in [-0.3, -0.25) is 0 Å². The molecule has 2 fully saturated rings. The van der Waals surface area contributed by atoms with E-state index in [1.807, 2.05) is 4.90 Å². The zero-order valence-electron chi connectivity index (χ0n) is 10.9. The Morgan fingerprint density at radius 1 is 1.00 bits per heavy atom. The predicted molar refractivity (Wildman–Crippen MR) is 70.0 cm³/mol. The van der Waals surface area contributed by atoms with Crippen LogP contribution in [0.15, 0.2) is 0 Å². The summed E-state index contributed by atoms with van der Waals surface area (Å²) < 4.78 is 0. The van der Waals surface area contributed by atoms with Crippen LogP contribution in [-0.2, 0) is 0 Å². The van der Waals surface area contributed by atoms with E-state index >= 15 is 0 Å². The van der Waals surface area contributed by atoms with Crippen LogP contribution in [0.25, 0.3) is 0 Å². The van der Waals surface area contributed by atoms with Crippen molar-refractivity contribution >= 4 is 6.03 Å². The van der Waals surface area contributed by atoms with Gasteiger partial charge in [0.15, 0.2) is 0 Å². The third-order valence-electron chi connectivity index (χ3n) is 4.20. The van der Waals surface area contributed by atoms with Gasteiger partial charge in [-0.05, 0) is 25.2 Å². The summed E-state index contributed by atoms with van der Waals surface area (Å²) in [6.07, 6.45) is 11.9. The van der Waals surface area contributed by atoms with Gasteiger partial charge in [-0.15, -0.1) is 0 Å². The smallest absolute Gasteiger partial charge is 0.317 e. The van der Waals surface area contributed by atoms with Crippen molar-refractivity contribution in [2.75, 3.05) is 19.6 Å². The molecule has 1 saturated carbocycles. The Labute approximate surface area is 105 Å². The van der Waals surface area contributed by atoms with Crippen LogP contribution in [0.2, 0.25) is 0 Å². The second-order valence-electron chi connectivity index (χ2n) is 5.57. The van der Waals surface area contributed by atoms with E-state index in [1.165, 1.54) is 57.8 Å². The average Bonchev–Trinajstić information content (AvgIpc) is 2.75. The molecule has 1 N–H and O–H groups in total. The molecule has 17 heavy (non-hydrogen) atoms. The monoisotopic (exact) mass is 238 g/mol. The van der Waals surface area contributed by atoms with Gasteiger partial charge in [0.05, 0.1) is 0 Å². The summed E-state index contributed by atoms with van der Waals surface area (Å²) in [7, 11) is 0. The topological polar surface area (TPSA) is 32.3 Å². The predicted octanol–water partition coefficient (Wildman–Crippen LogP) is 3.15. The van der Waals surface area contributed by atoms with E-state index in [9.17, 15) is 4.79 Å². The average molecular weight is 238 g/mol. The summed E-state index contributed by atoms with van der Waals surface area (Å²) in [5.74, 6) is 0.858. The summed E-state index contributed by atoms with van der Waals surface area (Å²) in [5, 5.41) is 3.08. The van der Waals surface area contributed by atoms with E-state index in [0.717, 1.165) is 25.6 Å². The van der Waals surface area contributed by atoms with Crippen LogP contribution in [0.3, 0.4) is 0 Å². The maximum Gasteiger partial charge on any atom is 0.317 e. The third kappa shape index (κ3) is 4.21. The minimum atomic E-state index is 0.163. The largest absolute Gasteiger partial charge is 0.338 e. The SMILES string of the molecule is O=C(NCCC1CCCCCC1)N1CCCC1. The van der Waals surface area contributed by atoms with Crippen molar-refractivity contribution in [1.29, 1.82) is 0 Å². The van der Waals surface area contributed by atoms with Gasteiger partial charge in [0.2, 0.25) is 0 Å². The minimum Gasteiger partial charge on any atom is -0.338 e. The van der Waals surface area contributed by atoms with Crippen LogP contribution in [0.1, 0.15) is 57.8 Å². The maximum absolute atomic E-state index is 11.8. The van der Waals surface area contributed by atoms with Gasteiger partial charge in [-0.25, -0.2) is 4.79 Å². The molecule has 3 nitrogen and oxygen atoms in total. The molecule has 2 aliphatic rings. The van der Waals surface area contributed by atoms with Crippen LogP contribution in [-0.4, -0.2) is 30.6 Å². The number of carbonyl (C=O) groups excluding carboxylic acids is 1. The molecule has 0 spiro atoms. The van der Waals surface area contributed by atoms with Crippen molar-refractivity contribution in [3.63, 3.8) is 0 Å². The first-order valence-electron chi connectivity index (χ1n) is 7.39. The third-order valence-corrected chi connectivity index (χ3v) is 4.20. The van der Waals surface area contributed by atoms with Crippen molar-refractivity contribution in [2.45, 2.75) is 57.8 Å². The summed E-state index contributed by atoms with van der Waals surface area (Å²) in [5.41, 5.74) is 0. The Kier molecular flexibility index (Phi) is 5.14. The number of carbonyl (C=O) groups is 1. The highest BCUT2D eigenvalue weighted by Crippen LogP contribution is 2.24. The molecule has 0 radical (unpaired) electrons. The number of amides is 2. The Bertz CT molecular complexity index is 228. The first-order valence-corrected chi connectivity index (χ1v) is 7.39. The first kappa shape index (κ1) is 12.7. The molecule has 0 aromatic heterocycles. The molecule has 1 heterocycles. The zero-order valence-corrected chi connectivity index (χ0v) is 10.9. The molecule has 1 saturated heterocycles. The van der Waals surface area contributed by atoms with Gasteiger partial charge in [-0.2, -0.15) is 0 Å². The first-order chi connectivity index (χ1) is 8.36. The number of nitrogens with one attached hydrogen (secondary N) is 1. The van der Waals surface area contributed by atoms with E-state index in [1.54, 1.807) is 0 Å². The standard InChI is InChI=1S/C14H26N2O/c17-14(16-11-5-6-12-16)15-10-9-13-7-3-1-2-4-8-13/h13H,1-12H2,(H,15,17). The number of nitrogens with zero attached hydrogens (tertiary/aromatic N) is 1. The van der Waals surface area contributed by atoms with Crippen LogP contribution in [0.5, 0.6) is 0 Å². The van der Waals surface area contributed by atoms with Gasteiger partial charge in [-0.1, -0.05) is 38.5 Å². The molecule has 2 amide bonds. The fourth-order valence-electron chi connectivity index (χ4n) is 3.07. The number of hydrogen-bond acceptors (Lipinski definition) is 1.